The zero-order valence-corrected chi connectivity index (χ0v) is 15.4. The lowest BCUT2D eigenvalue weighted by Gasteiger charge is -2.11. The van der Waals surface area contributed by atoms with Crippen molar-refractivity contribution in [2.45, 2.75) is 27.3 Å². The molecule has 6 heteroatoms. The van der Waals surface area contributed by atoms with Crippen LogP contribution in [0.5, 0.6) is 0 Å². The van der Waals surface area contributed by atoms with Gasteiger partial charge in [-0.25, -0.2) is 4.68 Å². The van der Waals surface area contributed by atoms with Crippen LogP contribution in [0, 0.1) is 20.8 Å². The van der Waals surface area contributed by atoms with Crippen molar-refractivity contribution in [3.8, 4) is 22.8 Å². The third kappa shape index (κ3) is 3.33. The molecular weight excluding hydrogens is 342 g/mol. The number of hydrogen-bond donors (Lipinski definition) is 0. The molecule has 4 aromatic rings. The SMILES string of the molecule is Cc1ccc(C)c(Cn2nc(-c3ccco3)c(-c3cc(C)no3)cc2=O)c1. The number of aryl methyl sites for hydroxylation is 3. The lowest BCUT2D eigenvalue weighted by Crippen LogP contribution is -2.24. The monoisotopic (exact) mass is 361 g/mol. The molecule has 27 heavy (non-hydrogen) atoms. The van der Waals surface area contributed by atoms with Crippen molar-refractivity contribution in [3.05, 3.63) is 81.5 Å². The zero-order valence-electron chi connectivity index (χ0n) is 15.4. The number of aromatic nitrogens is 3. The second kappa shape index (κ2) is 6.72. The molecule has 3 aromatic heterocycles. The summed E-state index contributed by atoms with van der Waals surface area (Å²) in [6.45, 7) is 6.27. The smallest absolute Gasteiger partial charge is 0.267 e. The van der Waals surface area contributed by atoms with E-state index in [9.17, 15) is 4.79 Å². The third-order valence-corrected chi connectivity index (χ3v) is 4.47. The lowest BCUT2D eigenvalue weighted by molar-refractivity contribution is 0.426. The molecule has 1 aromatic carbocycles. The second-order valence-corrected chi connectivity index (χ2v) is 6.64. The Bertz CT molecular complexity index is 1150. The Morgan fingerprint density at radius 2 is 1.89 bits per heavy atom. The summed E-state index contributed by atoms with van der Waals surface area (Å²) in [5.74, 6) is 1.05. The molecule has 0 amide bonds. The van der Waals surface area contributed by atoms with Crippen molar-refractivity contribution in [2.24, 2.45) is 0 Å². The average molecular weight is 361 g/mol. The fourth-order valence-corrected chi connectivity index (χ4v) is 3.01. The van der Waals surface area contributed by atoms with E-state index in [-0.39, 0.29) is 5.56 Å². The Morgan fingerprint density at radius 1 is 1.04 bits per heavy atom. The maximum atomic E-state index is 12.8. The highest BCUT2D eigenvalue weighted by Crippen LogP contribution is 2.30. The minimum Gasteiger partial charge on any atom is -0.463 e. The molecule has 6 nitrogen and oxygen atoms in total. The highest BCUT2D eigenvalue weighted by molar-refractivity contribution is 5.74. The van der Waals surface area contributed by atoms with Crippen molar-refractivity contribution in [1.29, 1.82) is 0 Å². The van der Waals surface area contributed by atoms with Crippen LogP contribution < -0.4 is 5.56 Å². The number of furan rings is 1. The largest absolute Gasteiger partial charge is 0.463 e. The maximum Gasteiger partial charge on any atom is 0.267 e. The van der Waals surface area contributed by atoms with Gasteiger partial charge in [-0.05, 0) is 44.0 Å². The fraction of sp³-hybridized carbons (Fsp3) is 0.190. The van der Waals surface area contributed by atoms with Crippen molar-refractivity contribution in [1.82, 2.24) is 14.9 Å². The van der Waals surface area contributed by atoms with E-state index in [1.165, 1.54) is 10.7 Å². The van der Waals surface area contributed by atoms with Crippen LogP contribution in [-0.2, 0) is 6.54 Å². The predicted octanol–water partition coefficient (Wildman–Crippen LogP) is 4.13. The van der Waals surface area contributed by atoms with E-state index in [0.29, 0.717) is 29.3 Å². The van der Waals surface area contributed by atoms with Gasteiger partial charge in [0.1, 0.15) is 5.69 Å². The Kier molecular flexibility index (Phi) is 4.24. The second-order valence-electron chi connectivity index (χ2n) is 6.64. The molecule has 3 heterocycles. The summed E-state index contributed by atoms with van der Waals surface area (Å²) >= 11 is 0. The standard InChI is InChI=1S/C21H19N3O3/c1-13-6-7-14(2)16(9-13)12-24-20(25)11-17(19-10-15(3)23-27-19)21(22-24)18-5-4-8-26-18/h4-11H,12H2,1-3H3. The van der Waals surface area contributed by atoms with E-state index in [2.05, 4.69) is 28.5 Å². The van der Waals surface area contributed by atoms with Crippen LogP contribution >= 0.6 is 0 Å². The molecule has 0 bridgehead atoms. The summed E-state index contributed by atoms with van der Waals surface area (Å²) in [7, 11) is 0. The number of nitrogens with zero attached hydrogens (tertiary/aromatic N) is 3. The van der Waals surface area contributed by atoms with Gasteiger partial charge in [-0.3, -0.25) is 4.79 Å². The van der Waals surface area contributed by atoms with Gasteiger partial charge in [0.05, 0.1) is 24.1 Å². The van der Waals surface area contributed by atoms with Gasteiger partial charge in [-0.1, -0.05) is 28.9 Å². The van der Waals surface area contributed by atoms with Crippen LogP contribution in [0.4, 0.5) is 0 Å². The van der Waals surface area contributed by atoms with Crippen LogP contribution in [0.2, 0.25) is 0 Å². The first kappa shape index (κ1) is 17.0. The van der Waals surface area contributed by atoms with Gasteiger partial charge >= 0.3 is 0 Å². The molecule has 136 valence electrons. The van der Waals surface area contributed by atoms with Gasteiger partial charge < -0.3 is 8.94 Å². The number of benzene rings is 1. The molecule has 0 aliphatic heterocycles. The minimum absolute atomic E-state index is 0.213. The number of rotatable bonds is 4. The van der Waals surface area contributed by atoms with Gasteiger partial charge in [0.2, 0.25) is 0 Å². The van der Waals surface area contributed by atoms with E-state index in [4.69, 9.17) is 8.94 Å². The van der Waals surface area contributed by atoms with Crippen molar-refractivity contribution >= 4 is 0 Å². The lowest BCUT2D eigenvalue weighted by atomic mass is 10.1. The predicted molar refractivity (Wildman–Crippen MR) is 101 cm³/mol. The van der Waals surface area contributed by atoms with Crippen LogP contribution in [0.15, 0.2) is 62.5 Å². The van der Waals surface area contributed by atoms with Gasteiger partial charge in [-0.2, -0.15) is 5.10 Å². The van der Waals surface area contributed by atoms with Crippen molar-refractivity contribution in [2.75, 3.05) is 0 Å². The first-order chi connectivity index (χ1) is 13.0. The molecule has 0 aliphatic rings. The van der Waals surface area contributed by atoms with Crippen molar-refractivity contribution in [3.63, 3.8) is 0 Å². The average Bonchev–Trinajstić information content (AvgIpc) is 3.31. The van der Waals surface area contributed by atoms with Crippen LogP contribution in [-0.4, -0.2) is 14.9 Å². The fourth-order valence-electron chi connectivity index (χ4n) is 3.01. The molecule has 4 rings (SSSR count). The maximum absolute atomic E-state index is 12.8. The Labute approximate surface area is 156 Å². The zero-order chi connectivity index (χ0) is 19.0. The summed E-state index contributed by atoms with van der Waals surface area (Å²) in [6.07, 6.45) is 1.58. The Hall–Kier alpha value is -3.41. The molecule has 0 aliphatic carbocycles. The van der Waals surface area contributed by atoms with E-state index in [1.807, 2.05) is 26.8 Å². The molecule has 0 fully saturated rings. The van der Waals surface area contributed by atoms with Gasteiger partial charge in [0, 0.05) is 12.1 Å². The third-order valence-electron chi connectivity index (χ3n) is 4.47. The van der Waals surface area contributed by atoms with E-state index in [0.717, 1.165) is 22.4 Å². The highest BCUT2D eigenvalue weighted by Gasteiger charge is 2.18. The summed E-state index contributed by atoms with van der Waals surface area (Å²) < 4.78 is 12.3. The van der Waals surface area contributed by atoms with Crippen molar-refractivity contribution < 1.29 is 8.94 Å². The summed E-state index contributed by atoms with van der Waals surface area (Å²) in [5, 5.41) is 8.50. The summed E-state index contributed by atoms with van der Waals surface area (Å²) in [4.78, 5) is 12.8. The normalized spacial score (nSPS) is 11.1. The highest BCUT2D eigenvalue weighted by atomic mass is 16.5. The molecule has 0 atom stereocenters. The Morgan fingerprint density at radius 3 is 2.59 bits per heavy atom. The minimum atomic E-state index is -0.213. The van der Waals surface area contributed by atoms with Crippen LogP contribution in [0.1, 0.15) is 22.4 Å². The molecule has 0 saturated heterocycles. The van der Waals surface area contributed by atoms with Gasteiger partial charge in [-0.15, -0.1) is 0 Å². The van der Waals surface area contributed by atoms with Gasteiger partial charge in [0.15, 0.2) is 11.5 Å². The van der Waals surface area contributed by atoms with E-state index in [1.54, 1.807) is 18.4 Å². The molecule has 0 radical (unpaired) electrons. The van der Waals surface area contributed by atoms with E-state index >= 15 is 0 Å². The summed E-state index contributed by atoms with van der Waals surface area (Å²) in [5.41, 5.74) is 4.93. The Balaban J connectivity index is 1.86. The first-order valence-electron chi connectivity index (χ1n) is 8.67. The molecular formula is C21H19N3O3. The first-order valence-corrected chi connectivity index (χ1v) is 8.67. The quantitative estimate of drug-likeness (QED) is 0.546. The number of hydrogen-bond acceptors (Lipinski definition) is 5. The molecule has 0 unspecified atom stereocenters. The van der Waals surface area contributed by atoms with Crippen LogP contribution in [0.25, 0.3) is 22.8 Å². The molecule has 0 spiro atoms. The van der Waals surface area contributed by atoms with Crippen LogP contribution in [0.3, 0.4) is 0 Å². The molecule has 0 N–H and O–H groups in total. The summed E-state index contributed by atoms with van der Waals surface area (Å²) in [6, 6.07) is 13.1. The van der Waals surface area contributed by atoms with E-state index < -0.39 is 0 Å². The van der Waals surface area contributed by atoms with Gasteiger partial charge in [0.25, 0.3) is 5.56 Å². The topological polar surface area (TPSA) is 74.1 Å². The molecule has 0 saturated carbocycles.